The molecule has 0 atom stereocenters. The van der Waals surface area contributed by atoms with Gasteiger partial charge in [-0.05, 0) is 41.5 Å². The van der Waals surface area contributed by atoms with Gasteiger partial charge in [-0.15, -0.1) is 0 Å². The van der Waals surface area contributed by atoms with Crippen molar-refractivity contribution < 1.29 is 4.79 Å². The summed E-state index contributed by atoms with van der Waals surface area (Å²) in [5.41, 5.74) is 9.79. The van der Waals surface area contributed by atoms with Crippen molar-refractivity contribution in [3.05, 3.63) is 95.8 Å². The van der Waals surface area contributed by atoms with Crippen molar-refractivity contribution in [3.8, 4) is 0 Å². The van der Waals surface area contributed by atoms with E-state index in [2.05, 4.69) is 21.7 Å². The molecule has 0 fully saturated rings. The van der Waals surface area contributed by atoms with Gasteiger partial charge in [0.25, 0.3) is 5.91 Å². The number of anilines is 2. The van der Waals surface area contributed by atoms with E-state index in [0.29, 0.717) is 16.9 Å². The molecule has 0 saturated carbocycles. The Kier molecular flexibility index (Phi) is 6.33. The first-order valence-corrected chi connectivity index (χ1v) is 8.74. The molecule has 0 bridgehead atoms. The number of nitrogens with zero attached hydrogens (tertiary/aromatic N) is 1. The predicted molar refractivity (Wildman–Crippen MR) is 110 cm³/mol. The molecule has 3 aromatic rings. The fraction of sp³-hybridized carbons (Fsp3) is 0.0909. The standard InChI is InChI=1S/C22H22N4O/c23-20-7-1-2-8-21(20)26-22(27)19-11-9-17(10-12-19)5-3-13-24-15-18-6-4-14-25-16-18/h1-12,14,16,24H,13,15,23H2,(H,26,27)/b5-3+. The number of hydrogen-bond donors (Lipinski definition) is 3. The van der Waals surface area contributed by atoms with Gasteiger partial charge in [0.1, 0.15) is 0 Å². The van der Waals surface area contributed by atoms with Gasteiger partial charge < -0.3 is 16.4 Å². The van der Waals surface area contributed by atoms with Gasteiger partial charge in [-0.3, -0.25) is 9.78 Å². The number of rotatable bonds is 7. The first-order valence-electron chi connectivity index (χ1n) is 8.74. The van der Waals surface area contributed by atoms with Crippen LogP contribution in [0.2, 0.25) is 0 Å². The van der Waals surface area contributed by atoms with Crippen LogP contribution in [0, 0.1) is 0 Å². The van der Waals surface area contributed by atoms with Crippen LogP contribution in [0.4, 0.5) is 11.4 Å². The maximum atomic E-state index is 12.3. The van der Waals surface area contributed by atoms with Crippen molar-refractivity contribution in [1.29, 1.82) is 0 Å². The third-order valence-electron chi connectivity index (χ3n) is 4.01. The van der Waals surface area contributed by atoms with E-state index in [4.69, 9.17) is 5.73 Å². The van der Waals surface area contributed by atoms with Gasteiger partial charge in [0.2, 0.25) is 0 Å². The highest BCUT2D eigenvalue weighted by atomic mass is 16.1. The molecule has 0 unspecified atom stereocenters. The van der Waals surface area contributed by atoms with E-state index in [0.717, 1.165) is 24.2 Å². The molecule has 2 aromatic carbocycles. The van der Waals surface area contributed by atoms with Crippen LogP contribution in [-0.2, 0) is 6.54 Å². The van der Waals surface area contributed by atoms with Gasteiger partial charge in [0.05, 0.1) is 11.4 Å². The normalized spacial score (nSPS) is 10.8. The van der Waals surface area contributed by atoms with Gasteiger partial charge in [-0.2, -0.15) is 0 Å². The number of carbonyl (C=O) groups excluding carboxylic acids is 1. The van der Waals surface area contributed by atoms with Gasteiger partial charge >= 0.3 is 0 Å². The number of aromatic nitrogens is 1. The van der Waals surface area contributed by atoms with Gasteiger partial charge in [0, 0.05) is 31.0 Å². The largest absolute Gasteiger partial charge is 0.397 e. The Morgan fingerprint density at radius 2 is 1.85 bits per heavy atom. The molecule has 3 rings (SSSR count). The molecular weight excluding hydrogens is 336 g/mol. The van der Waals surface area contributed by atoms with Crippen LogP contribution in [0.1, 0.15) is 21.5 Å². The van der Waals surface area contributed by atoms with Gasteiger partial charge in [0.15, 0.2) is 0 Å². The van der Waals surface area contributed by atoms with E-state index in [1.807, 2.05) is 48.7 Å². The van der Waals surface area contributed by atoms with E-state index >= 15 is 0 Å². The Hall–Kier alpha value is -3.44. The lowest BCUT2D eigenvalue weighted by molar-refractivity contribution is 0.102. The summed E-state index contributed by atoms with van der Waals surface area (Å²) in [4.78, 5) is 16.4. The molecule has 1 heterocycles. The number of nitrogen functional groups attached to an aromatic ring is 1. The molecule has 0 saturated heterocycles. The predicted octanol–water partition coefficient (Wildman–Crippen LogP) is 3.72. The number of para-hydroxylation sites is 2. The zero-order chi connectivity index (χ0) is 18.9. The van der Waals surface area contributed by atoms with Crippen LogP contribution in [-0.4, -0.2) is 17.4 Å². The zero-order valence-corrected chi connectivity index (χ0v) is 14.9. The van der Waals surface area contributed by atoms with Crippen LogP contribution in [0.5, 0.6) is 0 Å². The smallest absolute Gasteiger partial charge is 0.255 e. The zero-order valence-electron chi connectivity index (χ0n) is 14.9. The lowest BCUT2D eigenvalue weighted by Crippen LogP contribution is -2.13. The summed E-state index contributed by atoms with van der Waals surface area (Å²) in [5, 5.41) is 6.16. The van der Waals surface area contributed by atoms with Crippen LogP contribution in [0.25, 0.3) is 6.08 Å². The molecule has 5 heteroatoms. The summed E-state index contributed by atoms with van der Waals surface area (Å²) >= 11 is 0. The maximum absolute atomic E-state index is 12.3. The van der Waals surface area contributed by atoms with Crippen molar-refractivity contribution >= 4 is 23.4 Å². The molecule has 1 aromatic heterocycles. The van der Waals surface area contributed by atoms with E-state index in [1.165, 1.54) is 0 Å². The molecular formula is C22H22N4O. The Labute approximate surface area is 159 Å². The number of carbonyl (C=O) groups is 1. The number of amides is 1. The molecule has 5 nitrogen and oxygen atoms in total. The lowest BCUT2D eigenvalue weighted by atomic mass is 10.1. The Balaban J connectivity index is 1.49. The number of hydrogen-bond acceptors (Lipinski definition) is 4. The van der Waals surface area contributed by atoms with Crippen LogP contribution >= 0.6 is 0 Å². The number of benzene rings is 2. The van der Waals surface area contributed by atoms with E-state index < -0.39 is 0 Å². The third kappa shape index (κ3) is 5.52. The fourth-order valence-electron chi connectivity index (χ4n) is 2.55. The van der Waals surface area contributed by atoms with Crippen molar-refractivity contribution in [3.63, 3.8) is 0 Å². The first kappa shape index (κ1) is 18.4. The van der Waals surface area contributed by atoms with Crippen molar-refractivity contribution in [2.45, 2.75) is 6.54 Å². The topological polar surface area (TPSA) is 80.0 Å². The number of pyridine rings is 1. The first-order chi connectivity index (χ1) is 13.2. The van der Waals surface area contributed by atoms with E-state index in [-0.39, 0.29) is 5.91 Å². The van der Waals surface area contributed by atoms with Crippen molar-refractivity contribution in [2.24, 2.45) is 0 Å². The van der Waals surface area contributed by atoms with Crippen LogP contribution < -0.4 is 16.4 Å². The molecule has 27 heavy (non-hydrogen) atoms. The molecule has 0 aliphatic rings. The average molecular weight is 358 g/mol. The molecule has 0 aliphatic heterocycles. The van der Waals surface area contributed by atoms with Gasteiger partial charge in [-0.25, -0.2) is 0 Å². The Bertz CT molecular complexity index is 905. The monoisotopic (exact) mass is 358 g/mol. The summed E-state index contributed by atoms with van der Waals surface area (Å²) in [6, 6.07) is 18.6. The van der Waals surface area contributed by atoms with Gasteiger partial charge in [-0.1, -0.05) is 42.5 Å². The average Bonchev–Trinajstić information content (AvgIpc) is 2.71. The number of nitrogens with one attached hydrogen (secondary N) is 2. The molecule has 0 aliphatic carbocycles. The minimum atomic E-state index is -0.179. The fourth-order valence-corrected chi connectivity index (χ4v) is 2.55. The summed E-state index contributed by atoms with van der Waals surface area (Å²) < 4.78 is 0. The molecule has 0 radical (unpaired) electrons. The molecule has 4 N–H and O–H groups in total. The lowest BCUT2D eigenvalue weighted by Gasteiger charge is -2.08. The van der Waals surface area contributed by atoms with Crippen LogP contribution in [0.3, 0.4) is 0 Å². The summed E-state index contributed by atoms with van der Waals surface area (Å²) in [6.07, 6.45) is 7.69. The third-order valence-corrected chi connectivity index (χ3v) is 4.01. The summed E-state index contributed by atoms with van der Waals surface area (Å²) in [5.74, 6) is -0.179. The quantitative estimate of drug-likeness (QED) is 0.444. The van der Waals surface area contributed by atoms with Crippen molar-refractivity contribution in [1.82, 2.24) is 10.3 Å². The minimum Gasteiger partial charge on any atom is -0.397 e. The second-order valence-electron chi connectivity index (χ2n) is 6.06. The number of nitrogens with two attached hydrogens (primary N) is 1. The van der Waals surface area contributed by atoms with Crippen molar-refractivity contribution in [2.75, 3.05) is 17.6 Å². The highest BCUT2D eigenvalue weighted by Crippen LogP contribution is 2.18. The second kappa shape index (κ2) is 9.31. The molecule has 0 spiro atoms. The van der Waals surface area contributed by atoms with E-state index in [9.17, 15) is 4.79 Å². The maximum Gasteiger partial charge on any atom is 0.255 e. The SMILES string of the molecule is Nc1ccccc1NC(=O)c1ccc(/C=C/CNCc2cccnc2)cc1. The van der Waals surface area contributed by atoms with Crippen LogP contribution in [0.15, 0.2) is 79.1 Å². The highest BCUT2D eigenvalue weighted by Gasteiger charge is 2.07. The summed E-state index contributed by atoms with van der Waals surface area (Å²) in [6.45, 7) is 1.53. The minimum absolute atomic E-state index is 0.179. The molecule has 136 valence electrons. The second-order valence-corrected chi connectivity index (χ2v) is 6.06. The summed E-state index contributed by atoms with van der Waals surface area (Å²) in [7, 11) is 0. The molecule has 1 amide bonds. The van der Waals surface area contributed by atoms with E-state index in [1.54, 1.807) is 30.5 Å². The Morgan fingerprint density at radius 3 is 2.59 bits per heavy atom. The Morgan fingerprint density at radius 1 is 1.04 bits per heavy atom. The highest BCUT2D eigenvalue weighted by molar-refractivity contribution is 6.05.